The number of nitrogens with zero attached hydrogens (tertiary/aromatic N) is 1. The number of nitrogens with one attached hydrogen (secondary N) is 2. The van der Waals surface area contributed by atoms with Gasteiger partial charge in [0.25, 0.3) is 11.6 Å². The van der Waals surface area contributed by atoms with Crippen LogP contribution in [0.3, 0.4) is 0 Å². The molecule has 1 amide bonds. The van der Waals surface area contributed by atoms with Gasteiger partial charge in [0, 0.05) is 52.7 Å². The number of anilines is 1. The van der Waals surface area contributed by atoms with Crippen molar-refractivity contribution >= 4 is 23.1 Å². The second-order valence-corrected chi connectivity index (χ2v) is 9.24. The van der Waals surface area contributed by atoms with Crippen molar-refractivity contribution in [2.24, 2.45) is 0 Å². The molecule has 0 saturated heterocycles. The van der Waals surface area contributed by atoms with Crippen LogP contribution >= 0.6 is 0 Å². The molecule has 0 unspecified atom stereocenters. The normalized spacial score (nSPS) is 19.2. The predicted octanol–water partition coefficient (Wildman–Crippen LogP) is 5.73. The number of non-ortho nitro benzene ring substituents is 1. The summed E-state index contributed by atoms with van der Waals surface area (Å²) >= 11 is 0. The van der Waals surface area contributed by atoms with Crippen LogP contribution in [-0.2, 0) is 9.59 Å². The minimum atomic E-state index is -0.791. The minimum Gasteiger partial charge on any atom is -0.362 e. The molecular weight excluding hydrogens is 473 g/mol. The summed E-state index contributed by atoms with van der Waals surface area (Å²) in [5, 5.41) is 17.6. The van der Waals surface area contributed by atoms with E-state index in [2.05, 4.69) is 10.6 Å². The Hall–Kier alpha value is -4.59. The average Bonchev–Trinajstić information content (AvgIpc) is 2.89. The van der Waals surface area contributed by atoms with Crippen LogP contribution in [-0.4, -0.2) is 16.6 Å². The van der Waals surface area contributed by atoms with Crippen molar-refractivity contribution in [1.82, 2.24) is 5.32 Å². The van der Waals surface area contributed by atoms with E-state index in [9.17, 15) is 24.1 Å². The number of rotatable bonds is 5. The first-order valence-corrected chi connectivity index (χ1v) is 11.9. The van der Waals surface area contributed by atoms with Crippen molar-refractivity contribution in [2.75, 3.05) is 5.32 Å². The lowest BCUT2D eigenvalue weighted by Crippen LogP contribution is -2.37. The molecule has 7 nitrogen and oxygen atoms in total. The molecule has 1 heterocycles. The van der Waals surface area contributed by atoms with E-state index in [0.29, 0.717) is 28.9 Å². The number of carbonyl (C=O) groups excluding carboxylic acids is 2. The lowest BCUT2D eigenvalue weighted by Gasteiger charge is -2.37. The number of benzene rings is 3. The largest absolute Gasteiger partial charge is 0.362 e. The summed E-state index contributed by atoms with van der Waals surface area (Å²) in [6.45, 7) is 1.75. The highest BCUT2D eigenvalue weighted by Gasteiger charge is 2.41. The highest BCUT2D eigenvalue weighted by atomic mass is 19.1. The van der Waals surface area contributed by atoms with Crippen molar-refractivity contribution in [3.63, 3.8) is 0 Å². The molecule has 3 aromatic rings. The van der Waals surface area contributed by atoms with Gasteiger partial charge in [-0.2, -0.15) is 0 Å². The van der Waals surface area contributed by atoms with E-state index in [4.69, 9.17) is 0 Å². The van der Waals surface area contributed by atoms with Crippen LogP contribution in [0.5, 0.6) is 0 Å². The summed E-state index contributed by atoms with van der Waals surface area (Å²) in [7, 11) is 0. The Labute approximate surface area is 212 Å². The van der Waals surface area contributed by atoms with Gasteiger partial charge in [0.05, 0.1) is 4.92 Å². The number of hydrogen-bond acceptors (Lipinski definition) is 5. The van der Waals surface area contributed by atoms with Crippen LogP contribution < -0.4 is 10.6 Å². The van der Waals surface area contributed by atoms with Gasteiger partial charge in [0.1, 0.15) is 5.82 Å². The van der Waals surface area contributed by atoms with E-state index in [1.807, 2.05) is 30.3 Å². The van der Waals surface area contributed by atoms with Crippen LogP contribution in [0.2, 0.25) is 0 Å². The van der Waals surface area contributed by atoms with Crippen molar-refractivity contribution in [3.8, 4) is 0 Å². The molecule has 1 aliphatic carbocycles. The summed E-state index contributed by atoms with van der Waals surface area (Å²) in [6.07, 6.45) is 0.836. The average molecular weight is 498 g/mol. The Morgan fingerprint density at radius 2 is 1.70 bits per heavy atom. The number of carbonyl (C=O) groups is 2. The maximum Gasteiger partial charge on any atom is 0.269 e. The molecule has 3 aromatic carbocycles. The van der Waals surface area contributed by atoms with Gasteiger partial charge in [-0.1, -0.05) is 42.5 Å². The number of ketones is 1. The molecule has 0 radical (unpaired) electrons. The molecule has 2 N–H and O–H groups in total. The van der Waals surface area contributed by atoms with Crippen molar-refractivity contribution in [2.45, 2.75) is 31.6 Å². The summed E-state index contributed by atoms with van der Waals surface area (Å²) in [5.74, 6) is -1.83. The van der Waals surface area contributed by atoms with Gasteiger partial charge in [0.2, 0.25) is 0 Å². The lowest BCUT2D eigenvalue weighted by molar-refractivity contribution is -0.384. The zero-order valence-corrected chi connectivity index (χ0v) is 20.0. The van der Waals surface area contributed by atoms with E-state index in [1.54, 1.807) is 19.1 Å². The Kier molecular flexibility index (Phi) is 6.40. The van der Waals surface area contributed by atoms with E-state index >= 15 is 0 Å². The van der Waals surface area contributed by atoms with Crippen molar-refractivity contribution in [3.05, 3.63) is 128 Å². The van der Waals surface area contributed by atoms with Crippen molar-refractivity contribution in [1.29, 1.82) is 0 Å². The van der Waals surface area contributed by atoms with Crippen LogP contribution in [0.15, 0.2) is 101 Å². The molecule has 0 aromatic heterocycles. The molecule has 2 atom stereocenters. The van der Waals surface area contributed by atoms with E-state index in [1.165, 1.54) is 36.4 Å². The van der Waals surface area contributed by atoms with Gasteiger partial charge in [-0.05, 0) is 54.7 Å². The van der Waals surface area contributed by atoms with Gasteiger partial charge < -0.3 is 10.6 Å². The maximum absolute atomic E-state index is 13.7. The molecule has 1 aliphatic heterocycles. The van der Waals surface area contributed by atoms with Gasteiger partial charge in [0.15, 0.2) is 5.78 Å². The van der Waals surface area contributed by atoms with Crippen LogP contribution in [0.25, 0.3) is 0 Å². The molecule has 2 aliphatic rings. The fourth-order valence-corrected chi connectivity index (χ4v) is 5.18. The molecular formula is C29H24FN3O4. The number of nitro benzene ring substituents is 1. The number of Topliss-reactive ketones (excluding diaryl/α,β-unsaturated/α-hetero) is 1. The minimum absolute atomic E-state index is 0.0203. The Bertz CT molecular complexity index is 1460. The standard InChI is InChI=1S/C29H24FN3O4/c1-17-26(29(35)32-22-12-10-21(30)11-13-22)27(19-8-5-9-23(14-19)33(36)37)28-24(31-17)15-20(16-25(28)34)18-6-3-2-4-7-18/h2-14,20,27,31H,15-16H2,1H3,(H,32,35)/t20-,27+/m1/s1. The monoisotopic (exact) mass is 497 g/mol. The van der Waals surface area contributed by atoms with Gasteiger partial charge in [-0.3, -0.25) is 19.7 Å². The number of amides is 1. The third-order valence-corrected chi connectivity index (χ3v) is 6.86. The molecule has 0 fully saturated rings. The Morgan fingerprint density at radius 1 is 1.00 bits per heavy atom. The zero-order chi connectivity index (χ0) is 26.1. The summed E-state index contributed by atoms with van der Waals surface area (Å²) in [5.41, 5.74) is 3.81. The molecule has 8 heteroatoms. The van der Waals surface area contributed by atoms with Crippen molar-refractivity contribution < 1.29 is 18.9 Å². The molecule has 37 heavy (non-hydrogen) atoms. The first kappa shape index (κ1) is 24.1. The van der Waals surface area contributed by atoms with E-state index in [0.717, 1.165) is 11.3 Å². The fourth-order valence-electron chi connectivity index (χ4n) is 5.18. The Balaban J connectivity index is 1.59. The second-order valence-electron chi connectivity index (χ2n) is 9.24. The summed E-state index contributed by atoms with van der Waals surface area (Å²) in [6, 6.07) is 21.2. The molecule has 186 valence electrons. The first-order chi connectivity index (χ1) is 17.8. The molecule has 0 saturated carbocycles. The smallest absolute Gasteiger partial charge is 0.269 e. The number of nitro groups is 1. The number of hydrogen-bond donors (Lipinski definition) is 2. The summed E-state index contributed by atoms with van der Waals surface area (Å²) in [4.78, 5) is 38.2. The summed E-state index contributed by atoms with van der Waals surface area (Å²) < 4.78 is 13.4. The zero-order valence-electron chi connectivity index (χ0n) is 20.0. The quantitative estimate of drug-likeness (QED) is 0.346. The van der Waals surface area contributed by atoms with E-state index in [-0.39, 0.29) is 29.4 Å². The fraction of sp³-hybridized carbons (Fsp3) is 0.172. The van der Waals surface area contributed by atoms with Gasteiger partial charge in [-0.25, -0.2) is 4.39 Å². The number of halogens is 1. The lowest BCUT2D eigenvalue weighted by atomic mass is 9.71. The topological polar surface area (TPSA) is 101 Å². The predicted molar refractivity (Wildman–Crippen MR) is 137 cm³/mol. The highest BCUT2D eigenvalue weighted by molar-refractivity contribution is 6.10. The van der Waals surface area contributed by atoms with Crippen LogP contribution in [0.1, 0.15) is 42.7 Å². The van der Waals surface area contributed by atoms with Gasteiger partial charge >= 0.3 is 0 Å². The maximum atomic E-state index is 13.7. The third-order valence-electron chi connectivity index (χ3n) is 6.86. The highest BCUT2D eigenvalue weighted by Crippen LogP contribution is 2.46. The Morgan fingerprint density at radius 3 is 2.41 bits per heavy atom. The third kappa shape index (κ3) is 4.78. The SMILES string of the molecule is CC1=C(C(=O)Nc2ccc(F)cc2)[C@H](c2cccc([N+](=O)[O-])c2)C2=C(C[C@@H](c3ccccc3)CC2=O)N1. The second kappa shape index (κ2) is 9.81. The van der Waals surface area contributed by atoms with E-state index < -0.39 is 22.6 Å². The molecule has 0 bridgehead atoms. The number of allylic oxidation sites excluding steroid dienone is 3. The molecule has 5 rings (SSSR count). The van der Waals surface area contributed by atoms with Gasteiger partial charge in [-0.15, -0.1) is 0 Å². The van der Waals surface area contributed by atoms with Crippen LogP contribution in [0, 0.1) is 15.9 Å². The van der Waals surface area contributed by atoms with Crippen LogP contribution in [0.4, 0.5) is 15.8 Å². The number of dihydropyridines is 1. The molecule has 0 spiro atoms. The first-order valence-electron chi connectivity index (χ1n) is 11.9.